The maximum absolute atomic E-state index is 12.5. The molecule has 2 aromatic heterocycles. The van der Waals surface area contributed by atoms with Gasteiger partial charge in [0.05, 0.1) is 11.4 Å². The van der Waals surface area contributed by atoms with Gasteiger partial charge in [-0.1, -0.05) is 11.6 Å². The Morgan fingerprint density at radius 2 is 1.88 bits per heavy atom. The van der Waals surface area contributed by atoms with Crippen LogP contribution in [0, 0.1) is 13.8 Å². The lowest BCUT2D eigenvalue weighted by molar-refractivity contribution is 0.0911. The summed E-state index contributed by atoms with van der Waals surface area (Å²) >= 11 is 0. The van der Waals surface area contributed by atoms with Crippen LogP contribution in [-0.4, -0.2) is 31.4 Å². The molecule has 1 atom stereocenters. The maximum atomic E-state index is 12.5. The van der Waals surface area contributed by atoms with E-state index >= 15 is 0 Å². The molecule has 0 saturated heterocycles. The first kappa shape index (κ1) is 17.9. The van der Waals surface area contributed by atoms with E-state index in [1.54, 1.807) is 12.1 Å². The molecule has 0 radical (unpaired) electrons. The minimum absolute atomic E-state index is 0.000477. The number of hydrogen-bond donors (Lipinski definition) is 1. The number of carbonyl (C=O) groups is 1. The van der Waals surface area contributed by atoms with Gasteiger partial charge in [-0.05, 0) is 52.2 Å². The molecule has 0 aliphatic carbocycles. The Morgan fingerprint density at radius 1 is 1.12 bits per heavy atom. The second-order valence-corrected chi connectivity index (χ2v) is 6.61. The van der Waals surface area contributed by atoms with Crippen LogP contribution in [-0.2, 0) is 0 Å². The zero-order chi connectivity index (χ0) is 18.8. The van der Waals surface area contributed by atoms with E-state index in [1.807, 2.05) is 51.0 Å². The smallest absolute Gasteiger partial charge is 0.287 e. The lowest BCUT2D eigenvalue weighted by Crippen LogP contribution is -2.34. The van der Waals surface area contributed by atoms with Gasteiger partial charge in [-0.15, -0.1) is 0 Å². The van der Waals surface area contributed by atoms with E-state index in [2.05, 4.69) is 5.32 Å². The van der Waals surface area contributed by atoms with Crippen molar-refractivity contribution < 1.29 is 13.6 Å². The summed E-state index contributed by atoms with van der Waals surface area (Å²) in [7, 11) is 3.82. The van der Waals surface area contributed by atoms with Crippen molar-refractivity contribution in [2.24, 2.45) is 0 Å². The molecule has 0 saturated carbocycles. The van der Waals surface area contributed by atoms with Crippen molar-refractivity contribution in [3.8, 4) is 0 Å². The average molecular weight is 354 g/mol. The average Bonchev–Trinajstić information content (AvgIpc) is 3.01. The Bertz CT molecular complexity index is 1000. The molecule has 0 spiro atoms. The van der Waals surface area contributed by atoms with E-state index in [-0.39, 0.29) is 17.2 Å². The molecule has 6 heteroatoms. The molecule has 3 rings (SSSR count). The molecule has 1 N–H and O–H groups in total. The Balaban J connectivity index is 1.80. The summed E-state index contributed by atoms with van der Waals surface area (Å²) in [5.74, 6) is 1.15. The van der Waals surface area contributed by atoms with Crippen molar-refractivity contribution in [1.82, 2.24) is 10.2 Å². The van der Waals surface area contributed by atoms with Gasteiger partial charge in [0, 0.05) is 12.6 Å². The molecule has 3 aromatic rings. The third-order valence-electron chi connectivity index (χ3n) is 4.28. The third-order valence-corrected chi connectivity index (χ3v) is 4.28. The van der Waals surface area contributed by atoms with Crippen molar-refractivity contribution in [3.63, 3.8) is 0 Å². The first-order valence-corrected chi connectivity index (χ1v) is 8.40. The molecule has 2 heterocycles. The number of hydrogen-bond acceptors (Lipinski definition) is 5. The van der Waals surface area contributed by atoms with Crippen LogP contribution in [0.3, 0.4) is 0 Å². The highest BCUT2D eigenvalue weighted by molar-refractivity contribution is 5.93. The molecule has 0 aliphatic rings. The number of carbonyl (C=O) groups excluding carboxylic acids is 1. The van der Waals surface area contributed by atoms with Gasteiger partial charge in [-0.25, -0.2) is 0 Å². The van der Waals surface area contributed by atoms with Gasteiger partial charge in [-0.3, -0.25) is 14.5 Å². The molecule has 0 unspecified atom stereocenters. The third kappa shape index (κ3) is 3.70. The summed E-state index contributed by atoms with van der Waals surface area (Å²) in [4.78, 5) is 26.7. The number of amides is 1. The number of fused-ring (bicyclic) bond motifs is 1. The van der Waals surface area contributed by atoms with Crippen LogP contribution in [0.1, 0.15) is 33.7 Å². The highest BCUT2D eigenvalue weighted by atomic mass is 16.3. The number of nitrogens with one attached hydrogen (secondary N) is 1. The number of furan rings is 1. The first-order chi connectivity index (χ1) is 12.3. The maximum Gasteiger partial charge on any atom is 0.287 e. The zero-order valence-corrected chi connectivity index (χ0v) is 15.3. The number of rotatable bonds is 5. The molecule has 136 valence electrons. The minimum Gasteiger partial charge on any atom is -0.465 e. The second kappa shape index (κ2) is 7.17. The second-order valence-electron chi connectivity index (χ2n) is 6.61. The number of benzene rings is 1. The summed E-state index contributed by atoms with van der Waals surface area (Å²) < 4.78 is 11.3. The predicted octanol–water partition coefficient (Wildman–Crippen LogP) is 3.04. The summed E-state index contributed by atoms with van der Waals surface area (Å²) in [5, 5.41) is 3.29. The van der Waals surface area contributed by atoms with E-state index in [4.69, 9.17) is 8.83 Å². The van der Waals surface area contributed by atoms with Gasteiger partial charge >= 0.3 is 0 Å². The molecule has 0 fully saturated rings. The van der Waals surface area contributed by atoms with Crippen LogP contribution < -0.4 is 10.7 Å². The summed E-state index contributed by atoms with van der Waals surface area (Å²) in [6.45, 7) is 4.10. The van der Waals surface area contributed by atoms with Crippen LogP contribution in [0.5, 0.6) is 0 Å². The van der Waals surface area contributed by atoms with Crippen molar-refractivity contribution in [1.29, 1.82) is 0 Å². The lowest BCUT2D eigenvalue weighted by Gasteiger charge is -2.22. The van der Waals surface area contributed by atoms with Crippen LogP contribution >= 0.6 is 0 Å². The number of aryl methyl sites for hydroxylation is 2. The van der Waals surface area contributed by atoms with E-state index in [0.29, 0.717) is 17.5 Å². The predicted molar refractivity (Wildman–Crippen MR) is 99.4 cm³/mol. The topological polar surface area (TPSA) is 75.7 Å². The molecular formula is C20H22N2O4. The first-order valence-electron chi connectivity index (χ1n) is 8.40. The Morgan fingerprint density at radius 3 is 2.54 bits per heavy atom. The molecule has 1 amide bonds. The van der Waals surface area contributed by atoms with E-state index in [1.165, 1.54) is 6.07 Å². The van der Waals surface area contributed by atoms with Crippen molar-refractivity contribution >= 4 is 16.9 Å². The van der Waals surface area contributed by atoms with Gasteiger partial charge in [0.2, 0.25) is 0 Å². The highest BCUT2D eigenvalue weighted by Gasteiger charge is 2.20. The fourth-order valence-corrected chi connectivity index (χ4v) is 2.83. The standard InChI is InChI=1S/C20H22N2O4/c1-12-5-7-17-14(9-12)16(23)10-19(26-17)20(24)21-11-15(22(3)4)18-8-6-13(2)25-18/h5-10,15H,11H2,1-4H3,(H,21,24)/t15-/m1/s1. The zero-order valence-electron chi connectivity index (χ0n) is 15.3. The largest absolute Gasteiger partial charge is 0.465 e. The molecule has 1 aromatic carbocycles. The van der Waals surface area contributed by atoms with Crippen LogP contribution in [0.15, 0.2) is 50.0 Å². The molecule has 26 heavy (non-hydrogen) atoms. The summed E-state index contributed by atoms with van der Waals surface area (Å²) in [6, 6.07) is 10.2. The monoisotopic (exact) mass is 354 g/mol. The highest BCUT2D eigenvalue weighted by Crippen LogP contribution is 2.20. The van der Waals surface area contributed by atoms with Crippen molar-refractivity contribution in [2.75, 3.05) is 20.6 Å². The van der Waals surface area contributed by atoms with Gasteiger partial charge in [0.25, 0.3) is 5.91 Å². The summed E-state index contributed by atoms with van der Waals surface area (Å²) in [5.41, 5.74) is 1.13. The fourth-order valence-electron chi connectivity index (χ4n) is 2.83. The van der Waals surface area contributed by atoms with Gasteiger partial charge in [0.15, 0.2) is 11.2 Å². The molecular weight excluding hydrogens is 332 g/mol. The molecule has 0 aliphatic heterocycles. The summed E-state index contributed by atoms with van der Waals surface area (Å²) in [6.07, 6.45) is 0. The van der Waals surface area contributed by atoms with Gasteiger partial charge in [-0.2, -0.15) is 0 Å². The fraction of sp³-hybridized carbons (Fsp3) is 0.300. The Kier molecular flexibility index (Phi) is 4.95. The van der Waals surface area contributed by atoms with Crippen molar-refractivity contribution in [2.45, 2.75) is 19.9 Å². The van der Waals surface area contributed by atoms with E-state index in [0.717, 1.165) is 17.1 Å². The van der Waals surface area contributed by atoms with E-state index < -0.39 is 5.91 Å². The quantitative estimate of drug-likeness (QED) is 0.762. The molecule has 0 bridgehead atoms. The van der Waals surface area contributed by atoms with Crippen molar-refractivity contribution in [3.05, 3.63) is 69.5 Å². The number of likely N-dealkylation sites (N-methyl/N-ethyl adjacent to an activating group) is 1. The lowest BCUT2D eigenvalue weighted by atomic mass is 10.1. The minimum atomic E-state index is -0.431. The Labute approximate surface area is 151 Å². The molecule has 6 nitrogen and oxygen atoms in total. The van der Waals surface area contributed by atoms with Crippen LogP contribution in [0.2, 0.25) is 0 Å². The van der Waals surface area contributed by atoms with Gasteiger partial charge < -0.3 is 14.2 Å². The normalized spacial score (nSPS) is 12.5. The van der Waals surface area contributed by atoms with Gasteiger partial charge in [0.1, 0.15) is 17.1 Å². The SMILES string of the molecule is Cc1ccc2oc(C(=O)NC[C@H](c3ccc(C)o3)N(C)C)cc(=O)c2c1. The van der Waals surface area contributed by atoms with Crippen LogP contribution in [0.4, 0.5) is 0 Å². The Hall–Kier alpha value is -2.86. The number of nitrogens with zero attached hydrogens (tertiary/aromatic N) is 1. The van der Waals surface area contributed by atoms with Crippen LogP contribution in [0.25, 0.3) is 11.0 Å². The van der Waals surface area contributed by atoms with E-state index in [9.17, 15) is 9.59 Å².